The molecule has 1 unspecified atom stereocenters. The topological polar surface area (TPSA) is 43.3 Å². The first-order valence-electron chi connectivity index (χ1n) is 0.940. The Morgan fingerprint density at radius 1 is 2.00 bits per heavy atom. The molecule has 0 rings (SSSR count). The van der Waals surface area contributed by atoms with Gasteiger partial charge in [-0.2, -0.15) is 0 Å². The average Bonchev–Trinajstić information content (AvgIpc) is 0.722. The van der Waals surface area contributed by atoms with Crippen LogP contribution in [0.1, 0.15) is 0 Å². The highest BCUT2D eigenvalue weighted by molar-refractivity contribution is 8.82. The van der Waals surface area contributed by atoms with Gasteiger partial charge in [0.1, 0.15) is 0 Å². The third-order valence-electron chi connectivity index (χ3n) is 0. The smallest absolute Gasteiger partial charge is 0.000204 e. The maximum atomic E-state index is 9.61. The summed E-state index contributed by atoms with van der Waals surface area (Å²) in [5.41, 5.74) is 0. The number of rotatable bonds is 0. The fourth-order valence-corrected chi connectivity index (χ4v) is 0. The van der Waals surface area contributed by atoms with Gasteiger partial charge in [0.25, 0.3) is 0 Å². The summed E-state index contributed by atoms with van der Waals surface area (Å²) in [4.78, 5) is 0. The standard InChI is InChI=1S/CH6O2S2/c1-5(2,3)4/h2-4H,1H3/p-1. The first-order valence-corrected chi connectivity index (χ1v) is 3.92. The number of hydrogen-bond donors (Lipinski definition) is 2. The van der Waals surface area contributed by atoms with Crippen LogP contribution in [-0.2, 0) is 0 Å². The molecule has 0 heterocycles. The van der Waals surface area contributed by atoms with Crippen LogP contribution >= 0.6 is 21.3 Å². The fraction of sp³-hybridized carbons (Fsp3) is 1.00. The molecule has 1 N–H and O–H groups in total. The molecule has 0 spiro atoms. The van der Waals surface area contributed by atoms with E-state index in [1.165, 1.54) is 0 Å². The molecule has 0 aliphatic rings. The van der Waals surface area contributed by atoms with Gasteiger partial charge in [0, 0.05) is 0 Å². The molecular formula is CH5O2S2-. The predicted octanol–water partition coefficient (Wildman–Crippen LogP) is 0.869. The molecule has 4 heteroatoms. The van der Waals surface area contributed by atoms with Crippen molar-refractivity contribution >= 4 is 21.3 Å². The average molecular weight is 113 g/mol. The third kappa shape index (κ3) is 82.5. The summed E-state index contributed by atoms with van der Waals surface area (Å²) in [6.45, 7) is 0. The molecule has 0 saturated carbocycles. The molecule has 0 aliphatic carbocycles. The highest BCUT2D eigenvalue weighted by atomic mass is 33.2. The minimum atomic E-state index is -2.72. The molecule has 0 aromatic rings. The molecule has 0 fully saturated rings. The second kappa shape index (κ2) is 1.38. The molecule has 0 bridgehead atoms. The summed E-state index contributed by atoms with van der Waals surface area (Å²) in [7, 11) is -2.72. The Bertz CT molecular complexity index is 23.1. The quantitative estimate of drug-likeness (QED) is 0.361. The lowest BCUT2D eigenvalue weighted by atomic mass is 12.0. The molecule has 0 aliphatic heterocycles. The van der Waals surface area contributed by atoms with Gasteiger partial charge in [0.2, 0.25) is 0 Å². The third-order valence-corrected chi connectivity index (χ3v) is 0. The lowest BCUT2D eigenvalue weighted by molar-refractivity contribution is 0.493. The Hall–Kier alpha value is 0.620. The van der Waals surface area contributed by atoms with Crippen LogP contribution in [-0.4, -0.2) is 15.4 Å². The van der Waals surface area contributed by atoms with Gasteiger partial charge in [0.05, 0.1) is 0 Å². The summed E-state index contributed by atoms with van der Waals surface area (Å²) in [6, 6.07) is 0. The second-order valence-corrected chi connectivity index (χ2v) is 4.32. The van der Waals surface area contributed by atoms with E-state index >= 15 is 0 Å². The van der Waals surface area contributed by atoms with Crippen LogP contribution in [0.5, 0.6) is 0 Å². The van der Waals surface area contributed by atoms with Crippen LogP contribution in [0.3, 0.4) is 0 Å². The lowest BCUT2D eigenvalue weighted by Gasteiger charge is -2.33. The van der Waals surface area contributed by atoms with Crippen LogP contribution < -0.4 is 0 Å². The van der Waals surface area contributed by atoms with Gasteiger partial charge in [-0.05, 0) is 6.26 Å². The monoisotopic (exact) mass is 113 g/mol. The Labute approximate surface area is 37.4 Å². The van der Waals surface area contributed by atoms with E-state index in [1.54, 1.807) is 0 Å². The van der Waals surface area contributed by atoms with Crippen molar-refractivity contribution in [1.29, 1.82) is 0 Å². The molecule has 0 aromatic heterocycles. The van der Waals surface area contributed by atoms with Crippen molar-refractivity contribution in [3.63, 3.8) is 0 Å². The van der Waals surface area contributed by atoms with E-state index in [0.29, 0.717) is 0 Å². The molecule has 0 aromatic carbocycles. The van der Waals surface area contributed by atoms with Gasteiger partial charge >= 0.3 is 0 Å². The molecule has 34 valence electrons. The Kier molecular flexibility index (Phi) is 1.55. The van der Waals surface area contributed by atoms with Crippen molar-refractivity contribution in [2.45, 2.75) is 0 Å². The van der Waals surface area contributed by atoms with E-state index < -0.39 is 9.62 Å². The van der Waals surface area contributed by atoms with Gasteiger partial charge in [-0.15, -0.1) is 0 Å². The van der Waals surface area contributed by atoms with Gasteiger partial charge in [-0.1, -0.05) is 11.7 Å². The minimum absolute atomic E-state index is 1.14. The van der Waals surface area contributed by atoms with Crippen LogP contribution in [0.4, 0.5) is 0 Å². The van der Waals surface area contributed by atoms with E-state index in [0.717, 1.165) is 6.26 Å². The van der Waals surface area contributed by atoms with Gasteiger partial charge in [0.15, 0.2) is 0 Å². The van der Waals surface area contributed by atoms with Crippen LogP contribution in [0.2, 0.25) is 0 Å². The van der Waals surface area contributed by atoms with Crippen molar-refractivity contribution in [2.24, 2.45) is 0 Å². The number of thiol groups is 1. The van der Waals surface area contributed by atoms with E-state index in [-0.39, 0.29) is 0 Å². The molecule has 0 amide bonds. The molecular weight excluding hydrogens is 108 g/mol. The fourth-order valence-electron chi connectivity index (χ4n) is 0. The Morgan fingerprint density at radius 2 is 2.00 bits per heavy atom. The Balaban J connectivity index is 3.02. The molecule has 0 saturated heterocycles. The minimum Gasteiger partial charge on any atom is -0.759 e. The van der Waals surface area contributed by atoms with Crippen molar-refractivity contribution in [3.05, 3.63) is 0 Å². The normalized spacial score (nSPS) is 28.0. The maximum Gasteiger partial charge on any atom is -0.000204 e. The van der Waals surface area contributed by atoms with E-state index in [2.05, 4.69) is 11.7 Å². The molecule has 0 radical (unpaired) electrons. The van der Waals surface area contributed by atoms with Crippen molar-refractivity contribution < 1.29 is 9.11 Å². The zero-order chi connectivity index (χ0) is 4.50. The summed E-state index contributed by atoms with van der Waals surface area (Å²) in [5, 5.41) is 0. The Morgan fingerprint density at radius 3 is 2.00 bits per heavy atom. The zero-order valence-corrected chi connectivity index (χ0v) is 4.42. The highest BCUT2D eigenvalue weighted by Crippen LogP contribution is 2.37. The zero-order valence-electron chi connectivity index (χ0n) is 2.71. The predicted molar refractivity (Wildman–Crippen MR) is 25.9 cm³/mol. The summed E-state index contributed by atoms with van der Waals surface area (Å²) >= 11 is 3.21. The summed E-state index contributed by atoms with van der Waals surface area (Å²) in [5.74, 6) is 0. The summed E-state index contributed by atoms with van der Waals surface area (Å²) < 4.78 is 17.5. The molecule has 5 heavy (non-hydrogen) atoms. The van der Waals surface area contributed by atoms with Crippen molar-refractivity contribution in [2.75, 3.05) is 6.26 Å². The van der Waals surface area contributed by atoms with Crippen LogP contribution in [0.25, 0.3) is 0 Å². The van der Waals surface area contributed by atoms with Crippen molar-refractivity contribution in [1.82, 2.24) is 0 Å². The van der Waals surface area contributed by atoms with Crippen LogP contribution in [0, 0.1) is 0 Å². The van der Waals surface area contributed by atoms with E-state index in [4.69, 9.17) is 4.55 Å². The maximum absolute atomic E-state index is 9.61. The first-order chi connectivity index (χ1) is 2.00. The van der Waals surface area contributed by atoms with Crippen LogP contribution in [0.15, 0.2) is 0 Å². The first kappa shape index (κ1) is 5.62. The van der Waals surface area contributed by atoms with Gasteiger partial charge in [-0.3, -0.25) is 0 Å². The van der Waals surface area contributed by atoms with Crippen molar-refractivity contribution in [3.8, 4) is 0 Å². The SMILES string of the molecule is CS([O-])(O)S. The largest absolute Gasteiger partial charge is 0.759 e. The van der Waals surface area contributed by atoms with E-state index in [1.807, 2.05) is 0 Å². The molecule has 1 atom stereocenters. The van der Waals surface area contributed by atoms with Gasteiger partial charge < -0.3 is 18.7 Å². The molecule has 2 nitrogen and oxygen atoms in total. The highest BCUT2D eigenvalue weighted by Gasteiger charge is 1.72. The second-order valence-electron chi connectivity index (χ2n) is 0.763. The summed E-state index contributed by atoms with van der Waals surface area (Å²) in [6.07, 6.45) is 1.14. The van der Waals surface area contributed by atoms with Gasteiger partial charge in [-0.25, -0.2) is 0 Å². The lowest BCUT2D eigenvalue weighted by Crippen LogP contribution is -1.77. The number of hydrogen-bond acceptors (Lipinski definition) is 3. The van der Waals surface area contributed by atoms with E-state index in [9.17, 15) is 4.55 Å².